The highest BCUT2D eigenvalue weighted by molar-refractivity contribution is 7.10. The summed E-state index contributed by atoms with van der Waals surface area (Å²) in [6, 6.07) is 13.6. The van der Waals surface area contributed by atoms with Crippen LogP contribution in [-0.2, 0) is 6.54 Å². The van der Waals surface area contributed by atoms with Crippen LogP contribution in [0, 0.1) is 0 Å². The summed E-state index contributed by atoms with van der Waals surface area (Å²) in [6.45, 7) is 0.525. The van der Waals surface area contributed by atoms with E-state index in [-0.39, 0.29) is 5.91 Å². The molecule has 0 atom stereocenters. The first-order valence-corrected chi connectivity index (χ1v) is 11.7. The smallest absolute Gasteiger partial charge is 0.251 e. The number of carbonyl (C=O) groups excluding carboxylic acids is 1. The van der Waals surface area contributed by atoms with E-state index < -0.39 is 0 Å². The maximum absolute atomic E-state index is 12.6. The predicted molar refractivity (Wildman–Crippen MR) is 122 cm³/mol. The second-order valence-corrected chi connectivity index (χ2v) is 9.00. The van der Waals surface area contributed by atoms with Gasteiger partial charge in [-0.15, -0.1) is 11.3 Å². The molecule has 4 aromatic heterocycles. The van der Waals surface area contributed by atoms with Crippen molar-refractivity contribution in [2.24, 2.45) is 0 Å². The van der Waals surface area contributed by atoms with E-state index in [1.165, 1.54) is 0 Å². The van der Waals surface area contributed by atoms with E-state index in [0.29, 0.717) is 17.6 Å². The molecule has 29 heavy (non-hydrogen) atoms. The third-order valence-corrected chi connectivity index (χ3v) is 6.76. The number of carbonyl (C=O) groups is 1. The number of nitrogens with one attached hydrogen (secondary N) is 1. The van der Waals surface area contributed by atoms with Crippen molar-refractivity contribution in [3.8, 4) is 22.5 Å². The number of aromatic nitrogens is 2. The topological polar surface area (TPSA) is 54.9 Å². The number of rotatable bonds is 5. The average Bonchev–Trinajstić information content (AvgIpc) is 3.53. The van der Waals surface area contributed by atoms with Gasteiger partial charge in [0.2, 0.25) is 0 Å². The lowest BCUT2D eigenvalue weighted by molar-refractivity contribution is 0.0951. The van der Waals surface area contributed by atoms with Crippen LogP contribution in [0.15, 0.2) is 69.4 Å². The Hall–Kier alpha value is -2.87. The predicted octanol–water partition coefficient (Wildman–Crippen LogP) is 6.08. The minimum atomic E-state index is -0.110. The van der Waals surface area contributed by atoms with Crippen LogP contribution in [0.4, 0.5) is 0 Å². The Morgan fingerprint density at radius 3 is 2.21 bits per heavy atom. The second kappa shape index (κ2) is 7.87. The van der Waals surface area contributed by atoms with E-state index in [1.54, 1.807) is 34.0 Å². The number of hydrogen-bond donors (Lipinski definition) is 1. The first-order valence-electron chi connectivity index (χ1n) is 8.95. The van der Waals surface area contributed by atoms with Gasteiger partial charge in [-0.3, -0.25) is 4.79 Å². The Balaban J connectivity index is 1.54. The van der Waals surface area contributed by atoms with Gasteiger partial charge in [0, 0.05) is 32.3 Å². The van der Waals surface area contributed by atoms with Gasteiger partial charge in [-0.1, -0.05) is 6.07 Å². The van der Waals surface area contributed by atoms with Crippen LogP contribution in [0.5, 0.6) is 0 Å². The van der Waals surface area contributed by atoms with Crippen molar-refractivity contribution in [2.75, 3.05) is 0 Å². The molecule has 1 amide bonds. The van der Waals surface area contributed by atoms with Crippen LogP contribution in [0.3, 0.4) is 0 Å². The summed E-state index contributed by atoms with van der Waals surface area (Å²) < 4.78 is 0. The Kier molecular flexibility index (Phi) is 4.93. The van der Waals surface area contributed by atoms with Crippen molar-refractivity contribution in [3.05, 3.63) is 79.8 Å². The summed E-state index contributed by atoms with van der Waals surface area (Å²) in [5, 5.41) is 13.2. The van der Waals surface area contributed by atoms with Crippen LogP contribution in [0.25, 0.3) is 33.5 Å². The van der Waals surface area contributed by atoms with Crippen molar-refractivity contribution in [1.82, 2.24) is 15.3 Å². The molecule has 0 unspecified atom stereocenters. The van der Waals surface area contributed by atoms with Crippen LogP contribution >= 0.6 is 34.0 Å². The summed E-state index contributed by atoms with van der Waals surface area (Å²) in [5.41, 5.74) is 5.89. The number of amides is 1. The average molecular weight is 434 g/mol. The van der Waals surface area contributed by atoms with Crippen LogP contribution in [0.2, 0.25) is 0 Å². The third-order valence-electron chi connectivity index (χ3n) is 4.52. The van der Waals surface area contributed by atoms with Gasteiger partial charge < -0.3 is 5.32 Å². The number of thiophene rings is 3. The molecule has 0 aliphatic carbocycles. The van der Waals surface area contributed by atoms with E-state index >= 15 is 0 Å². The molecule has 0 fully saturated rings. The summed E-state index contributed by atoms with van der Waals surface area (Å²) in [4.78, 5) is 23.5. The van der Waals surface area contributed by atoms with Gasteiger partial charge in [-0.05, 0) is 52.5 Å². The summed E-state index contributed by atoms with van der Waals surface area (Å²) >= 11 is 4.90. The van der Waals surface area contributed by atoms with Crippen molar-refractivity contribution >= 4 is 51.0 Å². The first-order chi connectivity index (χ1) is 14.3. The maximum atomic E-state index is 12.6. The SMILES string of the molecule is O=C(NCc1cccs1)c1ccc2nc(-c3ccsc3)c(-c3ccsc3)nc2c1. The van der Waals surface area contributed by atoms with E-state index in [0.717, 1.165) is 32.9 Å². The molecule has 0 saturated carbocycles. The number of fused-ring (bicyclic) bond motifs is 1. The molecular formula is C22H15N3OS3. The quantitative estimate of drug-likeness (QED) is 0.365. The van der Waals surface area contributed by atoms with Crippen molar-refractivity contribution < 1.29 is 4.79 Å². The third kappa shape index (κ3) is 3.72. The normalized spacial score (nSPS) is 11.0. The van der Waals surface area contributed by atoms with Crippen molar-refractivity contribution in [2.45, 2.75) is 6.54 Å². The molecule has 0 radical (unpaired) electrons. The summed E-state index contributed by atoms with van der Waals surface area (Å²) in [7, 11) is 0. The fraction of sp³-hybridized carbons (Fsp3) is 0.0455. The zero-order valence-corrected chi connectivity index (χ0v) is 17.6. The first kappa shape index (κ1) is 18.2. The number of nitrogens with zero attached hydrogens (tertiary/aromatic N) is 2. The molecule has 4 nitrogen and oxygen atoms in total. The lowest BCUT2D eigenvalue weighted by Crippen LogP contribution is -2.22. The summed E-state index contributed by atoms with van der Waals surface area (Å²) in [6.07, 6.45) is 0. The van der Waals surface area contributed by atoms with Gasteiger partial charge >= 0.3 is 0 Å². The molecule has 5 aromatic rings. The molecule has 4 heterocycles. The fourth-order valence-electron chi connectivity index (χ4n) is 3.08. The molecule has 1 aromatic carbocycles. The fourth-order valence-corrected chi connectivity index (χ4v) is 5.00. The molecule has 0 bridgehead atoms. The molecule has 142 valence electrons. The highest BCUT2D eigenvalue weighted by atomic mass is 32.1. The van der Waals surface area contributed by atoms with Crippen LogP contribution < -0.4 is 5.32 Å². The largest absolute Gasteiger partial charge is 0.347 e. The standard InChI is InChI=1S/C22H15N3OS3/c26-22(23-11-17-2-1-7-29-17)14-3-4-18-19(10-14)25-21(16-6-9-28-13-16)20(24-18)15-5-8-27-12-15/h1-10,12-13H,11H2,(H,23,26). The second-order valence-electron chi connectivity index (χ2n) is 6.41. The summed E-state index contributed by atoms with van der Waals surface area (Å²) in [5.74, 6) is -0.110. The molecule has 0 aliphatic heterocycles. The van der Waals surface area contributed by atoms with E-state index in [2.05, 4.69) is 22.1 Å². The van der Waals surface area contributed by atoms with E-state index in [1.807, 2.05) is 52.5 Å². The lowest BCUT2D eigenvalue weighted by Gasteiger charge is -2.09. The van der Waals surface area contributed by atoms with Gasteiger partial charge in [0.05, 0.1) is 29.0 Å². The zero-order valence-electron chi connectivity index (χ0n) is 15.2. The molecular weight excluding hydrogens is 418 g/mol. The Morgan fingerprint density at radius 2 is 1.59 bits per heavy atom. The zero-order chi connectivity index (χ0) is 19.6. The van der Waals surface area contributed by atoms with Crippen LogP contribution in [-0.4, -0.2) is 15.9 Å². The molecule has 0 saturated heterocycles. The lowest BCUT2D eigenvalue weighted by atomic mass is 10.1. The van der Waals surface area contributed by atoms with Crippen molar-refractivity contribution in [1.29, 1.82) is 0 Å². The minimum absolute atomic E-state index is 0.110. The molecule has 0 aliphatic rings. The van der Waals surface area contributed by atoms with Gasteiger partial charge in [-0.2, -0.15) is 22.7 Å². The van der Waals surface area contributed by atoms with Gasteiger partial charge in [0.1, 0.15) is 0 Å². The van der Waals surface area contributed by atoms with E-state index in [4.69, 9.17) is 9.97 Å². The highest BCUT2D eigenvalue weighted by Gasteiger charge is 2.15. The molecule has 5 rings (SSSR count). The van der Waals surface area contributed by atoms with E-state index in [9.17, 15) is 4.79 Å². The molecule has 7 heteroatoms. The molecule has 0 spiro atoms. The number of hydrogen-bond acceptors (Lipinski definition) is 6. The molecule has 1 N–H and O–H groups in total. The van der Waals surface area contributed by atoms with Gasteiger partial charge in [0.15, 0.2) is 0 Å². The minimum Gasteiger partial charge on any atom is -0.347 e. The number of benzene rings is 1. The van der Waals surface area contributed by atoms with Gasteiger partial charge in [0.25, 0.3) is 5.91 Å². The van der Waals surface area contributed by atoms with Crippen LogP contribution in [0.1, 0.15) is 15.2 Å². The Morgan fingerprint density at radius 1 is 0.862 bits per heavy atom. The Bertz CT molecular complexity index is 1260. The van der Waals surface area contributed by atoms with Crippen molar-refractivity contribution in [3.63, 3.8) is 0 Å². The van der Waals surface area contributed by atoms with Gasteiger partial charge in [-0.25, -0.2) is 9.97 Å². The Labute approximate surface area is 179 Å². The monoisotopic (exact) mass is 433 g/mol. The maximum Gasteiger partial charge on any atom is 0.251 e. The highest BCUT2D eigenvalue weighted by Crippen LogP contribution is 2.33.